The fourth-order valence-electron chi connectivity index (χ4n) is 5.01. The first-order chi connectivity index (χ1) is 18.8. The highest BCUT2D eigenvalue weighted by molar-refractivity contribution is 5.94. The largest absolute Gasteiger partial charge is 0.497 e. The first kappa shape index (κ1) is 27.4. The quantitative estimate of drug-likeness (QED) is 0.177. The molecule has 0 spiro atoms. The van der Waals surface area contributed by atoms with Crippen LogP contribution in [-0.4, -0.2) is 38.9 Å². The van der Waals surface area contributed by atoms with Crippen LogP contribution in [0.4, 0.5) is 5.69 Å². The lowest BCUT2D eigenvalue weighted by atomic mass is 9.76. The summed E-state index contributed by atoms with van der Waals surface area (Å²) >= 11 is 0. The number of fused-ring (bicyclic) bond motifs is 1. The van der Waals surface area contributed by atoms with Gasteiger partial charge in [0.05, 0.1) is 14.2 Å². The highest BCUT2D eigenvalue weighted by Gasteiger charge is 2.43. The average Bonchev–Trinajstić information content (AvgIpc) is 3.17. The number of rotatable bonds is 9. The molecule has 0 aromatic heterocycles. The van der Waals surface area contributed by atoms with Crippen molar-refractivity contribution in [3.8, 4) is 17.2 Å². The summed E-state index contributed by atoms with van der Waals surface area (Å²) in [6.07, 6.45) is 4.17. The zero-order valence-corrected chi connectivity index (χ0v) is 22.9. The second-order valence-electron chi connectivity index (χ2n) is 9.35. The molecule has 1 atom stereocenters. The summed E-state index contributed by atoms with van der Waals surface area (Å²) in [6, 6.07) is 20.6. The molecule has 0 saturated carbocycles. The Bertz CT molecular complexity index is 1420. The van der Waals surface area contributed by atoms with E-state index in [1.165, 1.54) is 6.92 Å². The van der Waals surface area contributed by atoms with Gasteiger partial charge in [0.2, 0.25) is 0 Å². The van der Waals surface area contributed by atoms with Crippen molar-refractivity contribution >= 4 is 23.8 Å². The summed E-state index contributed by atoms with van der Waals surface area (Å²) in [5, 5.41) is 4.19. The molecule has 3 aromatic carbocycles. The van der Waals surface area contributed by atoms with Gasteiger partial charge in [0.25, 0.3) is 5.91 Å². The van der Waals surface area contributed by atoms with E-state index >= 15 is 0 Å². The number of hydrazone groups is 1. The van der Waals surface area contributed by atoms with Crippen molar-refractivity contribution in [2.75, 3.05) is 25.7 Å². The second-order valence-corrected chi connectivity index (χ2v) is 9.35. The number of anilines is 1. The number of benzene rings is 3. The number of nitrogens with one attached hydrogen (secondary N) is 1. The molecule has 39 heavy (non-hydrogen) atoms. The van der Waals surface area contributed by atoms with Crippen molar-refractivity contribution in [2.24, 2.45) is 5.10 Å². The average molecular weight is 528 g/mol. The number of hydrogen-bond donors (Lipinski definition) is 1. The van der Waals surface area contributed by atoms with Crippen molar-refractivity contribution < 1.29 is 23.8 Å². The third-order valence-corrected chi connectivity index (χ3v) is 6.81. The van der Waals surface area contributed by atoms with Crippen LogP contribution >= 0.6 is 0 Å². The fraction of sp³-hybridized carbons (Fsp3) is 0.258. The van der Waals surface area contributed by atoms with Gasteiger partial charge in [-0.1, -0.05) is 24.3 Å². The molecular formula is C31H33N3O5. The van der Waals surface area contributed by atoms with E-state index in [2.05, 4.69) is 41.4 Å². The van der Waals surface area contributed by atoms with Crippen molar-refractivity contribution in [2.45, 2.75) is 32.6 Å². The monoisotopic (exact) mass is 527 g/mol. The van der Waals surface area contributed by atoms with Crippen LogP contribution in [0.2, 0.25) is 0 Å². The Labute approximate surface area is 228 Å². The molecular weight excluding hydrogens is 494 g/mol. The molecule has 0 bridgehead atoms. The van der Waals surface area contributed by atoms with E-state index in [9.17, 15) is 9.59 Å². The first-order valence-corrected chi connectivity index (χ1v) is 12.7. The van der Waals surface area contributed by atoms with E-state index in [0.29, 0.717) is 23.5 Å². The summed E-state index contributed by atoms with van der Waals surface area (Å²) in [6.45, 7) is 6.37. The number of methoxy groups -OCH3 is 2. The van der Waals surface area contributed by atoms with Crippen LogP contribution in [0.3, 0.4) is 0 Å². The molecule has 1 amide bonds. The number of amides is 1. The maximum Gasteiger partial charge on any atom is 0.308 e. The molecule has 1 aliphatic heterocycles. The maximum absolute atomic E-state index is 12.4. The molecule has 0 saturated heterocycles. The van der Waals surface area contributed by atoms with Crippen molar-refractivity contribution in [1.82, 2.24) is 5.43 Å². The predicted octanol–water partition coefficient (Wildman–Crippen LogP) is 5.27. The smallest absolute Gasteiger partial charge is 0.308 e. The Kier molecular flexibility index (Phi) is 8.34. The van der Waals surface area contributed by atoms with Gasteiger partial charge >= 0.3 is 5.97 Å². The minimum atomic E-state index is -0.469. The molecule has 202 valence electrons. The van der Waals surface area contributed by atoms with Gasteiger partial charge in [-0.2, -0.15) is 5.10 Å². The van der Waals surface area contributed by atoms with Gasteiger partial charge in [0.15, 0.2) is 11.5 Å². The van der Waals surface area contributed by atoms with E-state index in [0.717, 1.165) is 34.8 Å². The van der Waals surface area contributed by atoms with Crippen LogP contribution < -0.4 is 24.5 Å². The van der Waals surface area contributed by atoms with Crippen molar-refractivity contribution in [3.63, 3.8) is 0 Å². The van der Waals surface area contributed by atoms with Crippen LogP contribution in [0.1, 0.15) is 42.3 Å². The molecule has 1 N–H and O–H groups in total. The summed E-state index contributed by atoms with van der Waals surface area (Å²) in [5.74, 6) is 0.939. The standard InChI is InChI=1S/C31H33N3O5/c1-6-34-26-14-13-24(37-4)19-25(26)31(3,20-22-12-15-27(39-21(2)35)28(18-22)38-5)29(34)16-17-32-33-30(36)23-10-8-7-9-11-23/h7-19H,6,20H2,1-5H3,(H,33,36)/b29-16-,32-17+. The third kappa shape index (κ3) is 5.80. The van der Waals surface area contributed by atoms with E-state index in [1.807, 2.05) is 42.5 Å². The normalized spacial score (nSPS) is 17.3. The molecule has 0 aliphatic carbocycles. The Morgan fingerprint density at radius 1 is 1.00 bits per heavy atom. The Hall–Kier alpha value is -4.59. The predicted molar refractivity (Wildman–Crippen MR) is 152 cm³/mol. The van der Waals surface area contributed by atoms with Gasteiger partial charge in [0, 0.05) is 42.0 Å². The molecule has 3 aromatic rings. The van der Waals surface area contributed by atoms with E-state index in [-0.39, 0.29) is 5.91 Å². The van der Waals surface area contributed by atoms with E-state index in [4.69, 9.17) is 14.2 Å². The number of likely N-dealkylation sites (N-methyl/N-ethyl adjacent to an activating group) is 1. The lowest BCUT2D eigenvalue weighted by Crippen LogP contribution is -2.31. The lowest BCUT2D eigenvalue weighted by molar-refractivity contribution is -0.132. The number of carbonyl (C=O) groups is 2. The van der Waals surface area contributed by atoms with Crippen LogP contribution in [0.5, 0.6) is 17.2 Å². The third-order valence-electron chi connectivity index (χ3n) is 6.81. The fourth-order valence-corrected chi connectivity index (χ4v) is 5.01. The van der Waals surface area contributed by atoms with E-state index in [1.54, 1.807) is 38.6 Å². The zero-order valence-electron chi connectivity index (χ0n) is 22.9. The Balaban J connectivity index is 1.71. The topological polar surface area (TPSA) is 89.5 Å². The van der Waals surface area contributed by atoms with Gasteiger partial charge in [-0.15, -0.1) is 0 Å². The van der Waals surface area contributed by atoms with Gasteiger partial charge < -0.3 is 19.1 Å². The number of ether oxygens (including phenoxy) is 3. The molecule has 0 fully saturated rings. The van der Waals surface area contributed by atoms with Gasteiger partial charge in [-0.05, 0) is 79.9 Å². The SMILES string of the molecule is CCN1/C(=C\C=N\NC(=O)c2ccccc2)C(C)(Cc2ccc(OC(C)=O)c(OC)c2)c2cc(OC)ccc21. The van der Waals surface area contributed by atoms with Gasteiger partial charge in [-0.3, -0.25) is 9.59 Å². The van der Waals surface area contributed by atoms with E-state index < -0.39 is 11.4 Å². The molecule has 8 heteroatoms. The van der Waals surface area contributed by atoms with Gasteiger partial charge in [0.1, 0.15) is 5.75 Å². The minimum Gasteiger partial charge on any atom is -0.497 e. The molecule has 4 rings (SSSR count). The Morgan fingerprint density at radius 3 is 2.44 bits per heavy atom. The zero-order chi connectivity index (χ0) is 28.0. The summed E-state index contributed by atoms with van der Waals surface area (Å²) in [5.41, 5.74) is 6.88. The summed E-state index contributed by atoms with van der Waals surface area (Å²) in [7, 11) is 3.21. The van der Waals surface area contributed by atoms with Crippen molar-refractivity contribution in [1.29, 1.82) is 0 Å². The maximum atomic E-state index is 12.4. The molecule has 1 heterocycles. The number of esters is 1. The highest BCUT2D eigenvalue weighted by Crippen LogP contribution is 2.51. The molecule has 1 aliphatic rings. The number of carbonyl (C=O) groups excluding carboxylic acids is 2. The summed E-state index contributed by atoms with van der Waals surface area (Å²) < 4.78 is 16.4. The van der Waals surface area contributed by atoms with Crippen LogP contribution in [0.15, 0.2) is 83.6 Å². The van der Waals surface area contributed by atoms with Crippen molar-refractivity contribution in [3.05, 3.63) is 95.2 Å². The molecule has 8 nitrogen and oxygen atoms in total. The summed E-state index contributed by atoms with van der Waals surface area (Å²) in [4.78, 5) is 26.2. The van der Waals surface area contributed by atoms with Gasteiger partial charge in [-0.25, -0.2) is 5.43 Å². The van der Waals surface area contributed by atoms with Crippen LogP contribution in [0, 0.1) is 0 Å². The molecule has 1 unspecified atom stereocenters. The number of nitrogens with zero attached hydrogens (tertiary/aromatic N) is 2. The number of allylic oxidation sites excluding steroid dienone is 2. The first-order valence-electron chi connectivity index (χ1n) is 12.7. The second kappa shape index (κ2) is 11.9. The number of hydrogen-bond acceptors (Lipinski definition) is 7. The Morgan fingerprint density at radius 2 is 1.77 bits per heavy atom. The van der Waals surface area contributed by atoms with Crippen LogP contribution in [-0.2, 0) is 16.6 Å². The lowest BCUT2D eigenvalue weighted by Gasteiger charge is -2.30. The van der Waals surface area contributed by atoms with Crippen LogP contribution in [0.25, 0.3) is 0 Å². The highest BCUT2D eigenvalue weighted by atomic mass is 16.6. The minimum absolute atomic E-state index is 0.278. The molecule has 0 radical (unpaired) electrons.